The molecule has 1 aromatic heterocycles. The van der Waals surface area contributed by atoms with Gasteiger partial charge in [-0.2, -0.15) is 0 Å². The van der Waals surface area contributed by atoms with E-state index in [4.69, 9.17) is 9.47 Å². The fraction of sp³-hybridized carbons (Fsp3) is 0.238. The van der Waals surface area contributed by atoms with E-state index in [1.54, 1.807) is 25.7 Å². The normalized spacial score (nSPS) is 10.6. The molecule has 3 rings (SSSR count). The van der Waals surface area contributed by atoms with Gasteiger partial charge in [0.2, 0.25) is 0 Å². The van der Waals surface area contributed by atoms with Crippen molar-refractivity contribution in [1.82, 2.24) is 9.13 Å². The molecule has 3 aromatic rings. The quantitative estimate of drug-likeness (QED) is 0.672. The maximum atomic E-state index is 12.9. The smallest absolute Gasteiger partial charge is 0.331 e. The number of aryl methyl sites for hydroxylation is 1. The number of ether oxygens (including phenoxy) is 2. The topological polar surface area (TPSA) is 62.5 Å². The predicted octanol–water partition coefficient (Wildman–Crippen LogP) is 2.43. The Morgan fingerprint density at radius 1 is 0.741 bits per heavy atom. The van der Waals surface area contributed by atoms with Gasteiger partial charge in [0.1, 0.15) is 11.5 Å². The van der Waals surface area contributed by atoms with Crippen LogP contribution in [0.3, 0.4) is 0 Å². The monoisotopic (exact) mass is 366 g/mol. The molecule has 0 unspecified atom stereocenters. The first-order valence-corrected chi connectivity index (χ1v) is 8.59. The molecule has 6 nitrogen and oxygen atoms in total. The van der Waals surface area contributed by atoms with Gasteiger partial charge in [0, 0.05) is 11.8 Å². The van der Waals surface area contributed by atoms with Gasteiger partial charge in [0.15, 0.2) is 0 Å². The highest BCUT2D eigenvalue weighted by atomic mass is 16.5. The zero-order valence-electron chi connectivity index (χ0n) is 15.6. The first kappa shape index (κ1) is 18.5. The van der Waals surface area contributed by atoms with E-state index in [-0.39, 0.29) is 17.8 Å². The Morgan fingerprint density at radius 3 is 1.63 bits per heavy atom. The molecule has 0 N–H and O–H groups in total. The van der Waals surface area contributed by atoms with E-state index in [9.17, 15) is 9.59 Å². The molecule has 2 aromatic carbocycles. The summed E-state index contributed by atoms with van der Waals surface area (Å²) in [6.07, 6.45) is 0. The van der Waals surface area contributed by atoms with Gasteiger partial charge in [-0.15, -0.1) is 0 Å². The summed E-state index contributed by atoms with van der Waals surface area (Å²) < 4.78 is 13.2. The van der Waals surface area contributed by atoms with Crippen LogP contribution in [-0.2, 0) is 13.1 Å². The van der Waals surface area contributed by atoms with Gasteiger partial charge in [-0.25, -0.2) is 4.79 Å². The number of benzene rings is 2. The van der Waals surface area contributed by atoms with Crippen molar-refractivity contribution in [2.45, 2.75) is 20.0 Å². The maximum Gasteiger partial charge on any atom is 0.331 e. The molecular formula is C21H22N2O4. The SMILES string of the molecule is COc1ccc(Cn2c(C)cc(=O)n(Cc3ccc(OC)cc3)c2=O)cc1. The van der Waals surface area contributed by atoms with Gasteiger partial charge in [-0.05, 0) is 42.3 Å². The number of rotatable bonds is 6. The summed E-state index contributed by atoms with van der Waals surface area (Å²) in [5.74, 6) is 1.49. The third kappa shape index (κ3) is 4.11. The van der Waals surface area contributed by atoms with Gasteiger partial charge in [0.05, 0.1) is 27.3 Å². The molecule has 1 heterocycles. The van der Waals surface area contributed by atoms with Crippen LogP contribution in [0.4, 0.5) is 0 Å². The van der Waals surface area contributed by atoms with E-state index >= 15 is 0 Å². The van der Waals surface area contributed by atoms with Crippen LogP contribution in [0.5, 0.6) is 11.5 Å². The van der Waals surface area contributed by atoms with Crippen molar-refractivity contribution in [3.63, 3.8) is 0 Å². The number of hydrogen-bond donors (Lipinski definition) is 0. The predicted molar refractivity (Wildman–Crippen MR) is 104 cm³/mol. The minimum absolute atomic E-state index is 0.213. The van der Waals surface area contributed by atoms with E-state index in [0.29, 0.717) is 12.2 Å². The molecule has 0 fully saturated rings. The lowest BCUT2D eigenvalue weighted by Gasteiger charge is -2.14. The van der Waals surface area contributed by atoms with E-state index in [1.165, 1.54) is 10.6 Å². The molecule has 0 spiro atoms. The molecule has 27 heavy (non-hydrogen) atoms. The van der Waals surface area contributed by atoms with Crippen LogP contribution in [0.1, 0.15) is 16.8 Å². The van der Waals surface area contributed by atoms with Gasteiger partial charge < -0.3 is 9.47 Å². The fourth-order valence-electron chi connectivity index (χ4n) is 2.89. The highest BCUT2D eigenvalue weighted by Gasteiger charge is 2.10. The van der Waals surface area contributed by atoms with Crippen molar-refractivity contribution >= 4 is 0 Å². The molecule has 140 valence electrons. The first-order chi connectivity index (χ1) is 13.0. The molecule has 0 radical (unpaired) electrons. The third-order valence-electron chi connectivity index (χ3n) is 4.49. The zero-order valence-corrected chi connectivity index (χ0v) is 15.6. The summed E-state index contributed by atoms with van der Waals surface area (Å²) in [5.41, 5.74) is 1.81. The molecule has 0 amide bonds. The standard InChI is InChI=1S/C21H22N2O4/c1-15-12-20(24)23(14-17-6-10-19(27-3)11-7-17)21(25)22(15)13-16-4-8-18(26-2)9-5-16/h4-12H,13-14H2,1-3H3. The van der Waals surface area contributed by atoms with Crippen LogP contribution in [0, 0.1) is 6.92 Å². The lowest BCUT2D eigenvalue weighted by Crippen LogP contribution is -2.41. The summed E-state index contributed by atoms with van der Waals surface area (Å²) in [7, 11) is 3.20. The highest BCUT2D eigenvalue weighted by molar-refractivity contribution is 5.28. The van der Waals surface area contributed by atoms with Crippen molar-refractivity contribution < 1.29 is 9.47 Å². The van der Waals surface area contributed by atoms with Gasteiger partial charge in [0.25, 0.3) is 5.56 Å². The third-order valence-corrected chi connectivity index (χ3v) is 4.49. The minimum atomic E-state index is -0.327. The summed E-state index contributed by atoms with van der Waals surface area (Å²) in [5, 5.41) is 0. The molecule has 0 saturated heterocycles. The van der Waals surface area contributed by atoms with Crippen LogP contribution in [0.15, 0.2) is 64.2 Å². The second-order valence-corrected chi connectivity index (χ2v) is 6.27. The largest absolute Gasteiger partial charge is 0.497 e. The van der Waals surface area contributed by atoms with E-state index in [1.807, 2.05) is 48.5 Å². The Morgan fingerprint density at radius 2 is 1.19 bits per heavy atom. The Hall–Kier alpha value is -3.28. The van der Waals surface area contributed by atoms with Gasteiger partial charge in [-0.3, -0.25) is 13.9 Å². The molecule has 0 aliphatic rings. The maximum absolute atomic E-state index is 12.9. The van der Waals surface area contributed by atoms with Crippen LogP contribution >= 0.6 is 0 Å². The zero-order chi connectivity index (χ0) is 19.4. The van der Waals surface area contributed by atoms with Crippen LogP contribution in [0.2, 0.25) is 0 Å². The summed E-state index contributed by atoms with van der Waals surface area (Å²) in [6, 6.07) is 16.3. The summed E-state index contributed by atoms with van der Waals surface area (Å²) in [6.45, 7) is 2.37. The molecule has 0 aliphatic heterocycles. The molecule has 0 bridgehead atoms. The number of nitrogens with zero attached hydrogens (tertiary/aromatic N) is 2. The van der Waals surface area contributed by atoms with E-state index < -0.39 is 0 Å². The van der Waals surface area contributed by atoms with E-state index in [0.717, 1.165) is 22.6 Å². The Balaban J connectivity index is 1.94. The Bertz CT molecular complexity index is 1030. The Labute approximate surface area is 157 Å². The summed E-state index contributed by atoms with van der Waals surface area (Å²) in [4.78, 5) is 25.3. The number of methoxy groups -OCH3 is 2. The van der Waals surface area contributed by atoms with Crippen molar-refractivity contribution in [3.8, 4) is 11.5 Å². The van der Waals surface area contributed by atoms with Crippen molar-refractivity contribution in [3.05, 3.63) is 92.3 Å². The van der Waals surface area contributed by atoms with Crippen molar-refractivity contribution in [1.29, 1.82) is 0 Å². The number of hydrogen-bond acceptors (Lipinski definition) is 4. The fourth-order valence-corrected chi connectivity index (χ4v) is 2.89. The average Bonchev–Trinajstić information content (AvgIpc) is 2.69. The second kappa shape index (κ2) is 7.95. The average molecular weight is 366 g/mol. The van der Waals surface area contributed by atoms with E-state index in [2.05, 4.69) is 0 Å². The summed E-state index contributed by atoms with van der Waals surface area (Å²) >= 11 is 0. The van der Waals surface area contributed by atoms with Crippen LogP contribution < -0.4 is 20.7 Å². The number of aromatic nitrogens is 2. The van der Waals surface area contributed by atoms with Crippen molar-refractivity contribution in [2.75, 3.05) is 14.2 Å². The van der Waals surface area contributed by atoms with Gasteiger partial charge in [-0.1, -0.05) is 24.3 Å². The minimum Gasteiger partial charge on any atom is -0.497 e. The first-order valence-electron chi connectivity index (χ1n) is 8.59. The molecule has 0 atom stereocenters. The van der Waals surface area contributed by atoms with Crippen LogP contribution in [0.25, 0.3) is 0 Å². The Kier molecular flexibility index (Phi) is 5.45. The lowest BCUT2D eigenvalue weighted by atomic mass is 10.2. The second-order valence-electron chi connectivity index (χ2n) is 6.27. The molecule has 6 heteroatoms. The lowest BCUT2D eigenvalue weighted by molar-refractivity contribution is 0.414. The van der Waals surface area contributed by atoms with Crippen molar-refractivity contribution in [2.24, 2.45) is 0 Å². The highest BCUT2D eigenvalue weighted by Crippen LogP contribution is 2.13. The molecular weight excluding hydrogens is 344 g/mol. The van der Waals surface area contributed by atoms with Crippen LogP contribution in [-0.4, -0.2) is 23.4 Å². The van der Waals surface area contributed by atoms with Gasteiger partial charge >= 0.3 is 5.69 Å². The molecule has 0 aliphatic carbocycles. The molecule has 0 saturated carbocycles.